The molecule has 1 aromatic heterocycles. The van der Waals surface area contributed by atoms with E-state index < -0.39 is 11.7 Å². The predicted octanol–water partition coefficient (Wildman–Crippen LogP) is 1.93. The van der Waals surface area contributed by atoms with Gasteiger partial charge in [0.15, 0.2) is 0 Å². The minimum absolute atomic E-state index is 0.145. The van der Waals surface area contributed by atoms with Gasteiger partial charge in [0.05, 0.1) is 11.6 Å². The number of amides is 1. The molecule has 21 heavy (non-hydrogen) atoms. The number of likely N-dealkylation sites (tertiary alicyclic amines) is 1. The van der Waals surface area contributed by atoms with Crippen LogP contribution in [0, 0.1) is 5.82 Å². The molecular weight excluding hydrogens is 271 g/mol. The molecule has 3 rings (SSSR count). The van der Waals surface area contributed by atoms with Crippen molar-refractivity contribution in [3.63, 3.8) is 0 Å². The van der Waals surface area contributed by atoms with Gasteiger partial charge in [-0.15, -0.1) is 0 Å². The number of piperidine rings is 1. The summed E-state index contributed by atoms with van der Waals surface area (Å²) in [6.07, 6.45) is 3.97. The lowest BCUT2D eigenvalue weighted by Gasteiger charge is -2.31. The van der Waals surface area contributed by atoms with Crippen LogP contribution in [0.1, 0.15) is 36.2 Å². The third kappa shape index (κ3) is 2.63. The molecule has 2 heterocycles. The van der Waals surface area contributed by atoms with Crippen molar-refractivity contribution in [3.05, 3.63) is 29.7 Å². The average molecular weight is 290 g/mol. The molecule has 1 amide bonds. The zero-order chi connectivity index (χ0) is 15.0. The van der Waals surface area contributed by atoms with E-state index in [4.69, 9.17) is 5.73 Å². The first kappa shape index (κ1) is 14.0. The molecule has 0 aliphatic carbocycles. The number of hydrogen-bond acceptors (Lipinski definition) is 3. The van der Waals surface area contributed by atoms with Gasteiger partial charge in [-0.2, -0.15) is 5.10 Å². The summed E-state index contributed by atoms with van der Waals surface area (Å²) >= 11 is 0. The maximum absolute atomic E-state index is 13.6. The van der Waals surface area contributed by atoms with E-state index >= 15 is 0 Å². The van der Waals surface area contributed by atoms with E-state index in [0.29, 0.717) is 10.9 Å². The Labute approximate surface area is 122 Å². The molecule has 0 saturated carbocycles. The van der Waals surface area contributed by atoms with Crippen molar-refractivity contribution in [1.29, 1.82) is 0 Å². The van der Waals surface area contributed by atoms with Crippen LogP contribution < -0.4 is 5.73 Å². The van der Waals surface area contributed by atoms with E-state index in [9.17, 15) is 9.18 Å². The Morgan fingerprint density at radius 2 is 2.33 bits per heavy atom. The summed E-state index contributed by atoms with van der Waals surface area (Å²) in [6, 6.07) is 2.81. The zero-order valence-corrected chi connectivity index (χ0v) is 12.1. The lowest BCUT2D eigenvalue weighted by Crippen LogP contribution is -2.36. The quantitative estimate of drug-likeness (QED) is 0.939. The number of benzene rings is 1. The molecule has 6 heteroatoms. The van der Waals surface area contributed by atoms with Gasteiger partial charge in [-0.1, -0.05) is 6.92 Å². The van der Waals surface area contributed by atoms with Crippen molar-refractivity contribution in [2.75, 3.05) is 19.6 Å². The number of primary amides is 1. The number of carbonyl (C=O) groups excluding carboxylic acids is 1. The molecular formula is C15H19FN4O. The van der Waals surface area contributed by atoms with Crippen LogP contribution in [0.4, 0.5) is 4.39 Å². The molecule has 1 unspecified atom stereocenters. The fourth-order valence-electron chi connectivity index (χ4n) is 3.03. The van der Waals surface area contributed by atoms with Crippen LogP contribution in [0.3, 0.4) is 0 Å². The van der Waals surface area contributed by atoms with E-state index in [0.717, 1.165) is 38.5 Å². The second kappa shape index (κ2) is 5.44. The molecule has 1 saturated heterocycles. The number of nitrogens with zero attached hydrogens (tertiary/aromatic N) is 3. The highest BCUT2D eigenvalue weighted by Crippen LogP contribution is 2.25. The summed E-state index contributed by atoms with van der Waals surface area (Å²) in [5.74, 6) is -1.11. The van der Waals surface area contributed by atoms with Gasteiger partial charge in [-0.25, -0.2) is 4.39 Å². The molecule has 1 aliphatic rings. The van der Waals surface area contributed by atoms with Gasteiger partial charge in [0.25, 0.3) is 5.91 Å². The molecule has 1 aliphatic heterocycles. The maximum atomic E-state index is 13.6. The summed E-state index contributed by atoms with van der Waals surface area (Å²) in [6.45, 7) is 5.19. The van der Waals surface area contributed by atoms with Gasteiger partial charge < -0.3 is 10.6 Å². The van der Waals surface area contributed by atoms with Crippen LogP contribution in [0.15, 0.2) is 18.3 Å². The van der Waals surface area contributed by atoms with E-state index in [1.807, 2.05) is 10.9 Å². The summed E-state index contributed by atoms with van der Waals surface area (Å²) in [5, 5.41) is 5.11. The van der Waals surface area contributed by atoms with Crippen molar-refractivity contribution in [2.45, 2.75) is 25.8 Å². The molecule has 1 atom stereocenters. The summed E-state index contributed by atoms with van der Waals surface area (Å²) in [4.78, 5) is 13.8. The Bertz CT molecular complexity index is 682. The summed E-state index contributed by atoms with van der Waals surface area (Å²) in [7, 11) is 0. The van der Waals surface area contributed by atoms with Gasteiger partial charge >= 0.3 is 0 Å². The number of hydrogen-bond donors (Lipinski definition) is 1. The number of likely N-dealkylation sites (N-methyl/N-ethyl adjacent to an activating group) is 1. The van der Waals surface area contributed by atoms with E-state index in [1.165, 1.54) is 6.07 Å². The van der Waals surface area contributed by atoms with Crippen molar-refractivity contribution >= 4 is 16.8 Å². The van der Waals surface area contributed by atoms with Crippen molar-refractivity contribution in [1.82, 2.24) is 14.7 Å². The number of aromatic nitrogens is 2. The molecule has 0 radical (unpaired) electrons. The number of nitrogens with two attached hydrogens (primary N) is 1. The van der Waals surface area contributed by atoms with Crippen LogP contribution in [0.2, 0.25) is 0 Å². The highest BCUT2D eigenvalue weighted by molar-refractivity contribution is 6.04. The maximum Gasteiger partial charge on any atom is 0.251 e. The highest BCUT2D eigenvalue weighted by atomic mass is 19.1. The van der Waals surface area contributed by atoms with Crippen LogP contribution >= 0.6 is 0 Å². The molecule has 1 fully saturated rings. The molecule has 5 nitrogen and oxygen atoms in total. The number of rotatable bonds is 3. The lowest BCUT2D eigenvalue weighted by molar-refractivity contribution is 0.100. The Morgan fingerprint density at radius 1 is 1.52 bits per heavy atom. The van der Waals surface area contributed by atoms with Crippen molar-refractivity contribution in [3.8, 4) is 0 Å². The summed E-state index contributed by atoms with van der Waals surface area (Å²) < 4.78 is 15.4. The van der Waals surface area contributed by atoms with Crippen LogP contribution in [0.25, 0.3) is 10.9 Å². The third-order valence-electron chi connectivity index (χ3n) is 4.16. The molecule has 0 bridgehead atoms. The van der Waals surface area contributed by atoms with E-state index in [1.54, 1.807) is 0 Å². The second-order valence-electron chi connectivity index (χ2n) is 5.55. The Hall–Kier alpha value is -1.95. The predicted molar refractivity (Wildman–Crippen MR) is 78.6 cm³/mol. The summed E-state index contributed by atoms with van der Waals surface area (Å²) in [5.41, 5.74) is 5.95. The first-order valence-corrected chi connectivity index (χ1v) is 7.29. The molecule has 0 spiro atoms. The largest absolute Gasteiger partial charge is 0.366 e. The molecule has 112 valence electrons. The Kier molecular flexibility index (Phi) is 3.63. The van der Waals surface area contributed by atoms with Crippen LogP contribution in [-0.2, 0) is 0 Å². The Morgan fingerprint density at radius 3 is 3.05 bits per heavy atom. The SMILES string of the molecule is CCN1CCCC(n2cc3cc(F)cc(C(N)=O)c3n2)C1. The lowest BCUT2D eigenvalue weighted by atomic mass is 10.1. The smallest absolute Gasteiger partial charge is 0.251 e. The Balaban J connectivity index is 2.01. The van der Waals surface area contributed by atoms with Crippen LogP contribution in [-0.4, -0.2) is 40.2 Å². The van der Waals surface area contributed by atoms with E-state index in [2.05, 4.69) is 16.9 Å². The molecule has 2 aromatic rings. The standard InChI is InChI=1S/C15H19FN4O/c1-2-19-5-3-4-12(9-19)20-8-10-6-11(16)7-13(15(17)21)14(10)18-20/h6-8,12H,2-5,9H2,1H3,(H2,17,21). The second-order valence-corrected chi connectivity index (χ2v) is 5.55. The zero-order valence-electron chi connectivity index (χ0n) is 12.1. The monoisotopic (exact) mass is 290 g/mol. The fraction of sp³-hybridized carbons (Fsp3) is 0.467. The minimum Gasteiger partial charge on any atom is -0.366 e. The molecule has 2 N–H and O–H groups in total. The number of carbonyl (C=O) groups is 1. The van der Waals surface area contributed by atoms with Gasteiger partial charge in [0, 0.05) is 18.1 Å². The normalized spacial score (nSPS) is 20.0. The fourth-order valence-corrected chi connectivity index (χ4v) is 3.03. The van der Waals surface area contributed by atoms with Gasteiger partial charge in [0.2, 0.25) is 0 Å². The molecule has 1 aromatic carbocycles. The van der Waals surface area contributed by atoms with Crippen molar-refractivity contribution in [2.24, 2.45) is 5.73 Å². The average Bonchev–Trinajstić information content (AvgIpc) is 2.90. The first-order valence-electron chi connectivity index (χ1n) is 7.29. The highest BCUT2D eigenvalue weighted by Gasteiger charge is 2.22. The topological polar surface area (TPSA) is 64.2 Å². The van der Waals surface area contributed by atoms with Gasteiger partial charge in [-0.05, 0) is 38.1 Å². The van der Waals surface area contributed by atoms with E-state index in [-0.39, 0.29) is 11.6 Å². The third-order valence-corrected chi connectivity index (χ3v) is 4.16. The minimum atomic E-state index is -0.649. The van der Waals surface area contributed by atoms with Crippen LogP contribution in [0.5, 0.6) is 0 Å². The number of halogens is 1. The van der Waals surface area contributed by atoms with Gasteiger partial charge in [-0.3, -0.25) is 9.48 Å². The number of fused-ring (bicyclic) bond motifs is 1. The van der Waals surface area contributed by atoms with Crippen molar-refractivity contribution < 1.29 is 9.18 Å². The first-order chi connectivity index (χ1) is 10.1. The van der Waals surface area contributed by atoms with Gasteiger partial charge in [0.1, 0.15) is 11.3 Å².